The molecule has 3 rings (SSSR count). The van der Waals surface area contributed by atoms with Gasteiger partial charge < -0.3 is 5.32 Å². The van der Waals surface area contributed by atoms with Crippen molar-refractivity contribution in [3.05, 3.63) is 29.0 Å². The number of nitrogens with zero attached hydrogens (tertiary/aromatic N) is 2. The van der Waals surface area contributed by atoms with Gasteiger partial charge in [-0.2, -0.15) is 0 Å². The van der Waals surface area contributed by atoms with E-state index >= 15 is 0 Å². The van der Waals surface area contributed by atoms with Crippen molar-refractivity contribution < 1.29 is 9.59 Å². The van der Waals surface area contributed by atoms with Crippen molar-refractivity contribution in [3.63, 3.8) is 0 Å². The molecule has 1 aliphatic carbocycles. The summed E-state index contributed by atoms with van der Waals surface area (Å²) in [5, 5.41) is 3.31. The van der Waals surface area contributed by atoms with E-state index in [1.165, 1.54) is 4.90 Å². The van der Waals surface area contributed by atoms with E-state index in [4.69, 9.17) is 11.6 Å². The van der Waals surface area contributed by atoms with Crippen LogP contribution in [0.5, 0.6) is 0 Å². The normalized spacial score (nSPS) is 29.0. The van der Waals surface area contributed by atoms with Crippen molar-refractivity contribution >= 4 is 23.5 Å². The Morgan fingerprint density at radius 1 is 1.38 bits per heavy atom. The number of urea groups is 1. The second-order valence-electron chi connectivity index (χ2n) is 6.08. The molecule has 2 heterocycles. The molecule has 112 valence electrons. The average molecular weight is 308 g/mol. The number of hydrogen-bond donors (Lipinski definition) is 1. The van der Waals surface area contributed by atoms with E-state index in [1.807, 2.05) is 0 Å². The lowest BCUT2D eigenvalue weighted by molar-refractivity contribution is -0.133. The molecule has 1 spiro atoms. The van der Waals surface area contributed by atoms with Crippen LogP contribution in [0.15, 0.2) is 18.3 Å². The van der Waals surface area contributed by atoms with Crippen LogP contribution < -0.4 is 5.32 Å². The van der Waals surface area contributed by atoms with E-state index in [9.17, 15) is 9.59 Å². The minimum atomic E-state index is -0.677. The third kappa shape index (κ3) is 2.62. The fourth-order valence-electron chi connectivity index (χ4n) is 3.10. The van der Waals surface area contributed by atoms with Crippen molar-refractivity contribution in [3.8, 4) is 0 Å². The highest BCUT2D eigenvalue weighted by molar-refractivity contribution is 6.29. The maximum Gasteiger partial charge on any atom is 0.325 e. The Hall–Kier alpha value is -1.62. The Morgan fingerprint density at radius 3 is 2.71 bits per heavy atom. The highest BCUT2D eigenvalue weighted by Gasteiger charge is 2.51. The molecule has 0 unspecified atom stereocenters. The van der Waals surface area contributed by atoms with E-state index in [0.717, 1.165) is 31.2 Å². The molecule has 1 saturated carbocycles. The van der Waals surface area contributed by atoms with E-state index in [2.05, 4.69) is 17.2 Å². The molecule has 1 aliphatic heterocycles. The minimum Gasteiger partial charge on any atom is -0.323 e. The van der Waals surface area contributed by atoms with E-state index in [0.29, 0.717) is 11.1 Å². The Bertz CT molecular complexity index is 565. The summed E-state index contributed by atoms with van der Waals surface area (Å²) in [7, 11) is 0. The van der Waals surface area contributed by atoms with Crippen molar-refractivity contribution in [1.29, 1.82) is 0 Å². The summed E-state index contributed by atoms with van der Waals surface area (Å²) in [5.41, 5.74) is 0.118. The number of halogens is 1. The first-order valence-electron chi connectivity index (χ1n) is 7.25. The van der Waals surface area contributed by atoms with E-state index in [-0.39, 0.29) is 18.5 Å². The summed E-state index contributed by atoms with van der Waals surface area (Å²) in [5.74, 6) is 0.518. The smallest absolute Gasteiger partial charge is 0.323 e. The zero-order valence-corrected chi connectivity index (χ0v) is 12.7. The number of pyridine rings is 1. The fraction of sp³-hybridized carbons (Fsp3) is 0.533. The SMILES string of the molecule is CC1CCC2(CC1)NC(=O)N(Cc1ccc(Cl)nc1)C2=O. The second kappa shape index (κ2) is 5.30. The van der Waals surface area contributed by atoms with Crippen LogP contribution in [0.1, 0.15) is 38.2 Å². The highest BCUT2D eigenvalue weighted by Crippen LogP contribution is 2.36. The minimum absolute atomic E-state index is 0.102. The van der Waals surface area contributed by atoms with Crippen molar-refractivity contribution in [2.75, 3.05) is 0 Å². The molecule has 1 N–H and O–H groups in total. The topological polar surface area (TPSA) is 62.3 Å². The largest absolute Gasteiger partial charge is 0.325 e. The van der Waals surface area contributed by atoms with Gasteiger partial charge >= 0.3 is 6.03 Å². The third-order valence-electron chi connectivity index (χ3n) is 4.50. The lowest BCUT2D eigenvalue weighted by Crippen LogP contribution is -2.49. The fourth-order valence-corrected chi connectivity index (χ4v) is 3.21. The molecule has 3 amide bonds. The van der Waals surface area contributed by atoms with Gasteiger partial charge in [-0.25, -0.2) is 9.78 Å². The van der Waals surface area contributed by atoms with Crippen molar-refractivity contribution in [1.82, 2.24) is 15.2 Å². The molecule has 2 fully saturated rings. The quantitative estimate of drug-likeness (QED) is 0.675. The average Bonchev–Trinajstić information content (AvgIpc) is 2.69. The number of nitrogens with one attached hydrogen (secondary N) is 1. The predicted octanol–water partition coefficient (Wildman–Crippen LogP) is 2.74. The number of amides is 3. The lowest BCUT2D eigenvalue weighted by atomic mass is 9.77. The summed E-state index contributed by atoms with van der Waals surface area (Å²) < 4.78 is 0. The van der Waals surface area contributed by atoms with Gasteiger partial charge in [0.05, 0.1) is 6.54 Å². The van der Waals surface area contributed by atoms with Crippen LogP contribution >= 0.6 is 11.6 Å². The van der Waals surface area contributed by atoms with Crippen LogP contribution in [-0.2, 0) is 11.3 Å². The second-order valence-corrected chi connectivity index (χ2v) is 6.46. The van der Waals surface area contributed by atoms with Crippen molar-refractivity contribution in [2.45, 2.75) is 44.7 Å². The summed E-state index contributed by atoms with van der Waals surface area (Å²) in [4.78, 5) is 30.1. The standard InChI is InChI=1S/C15H18ClN3O2/c1-10-4-6-15(7-5-10)13(20)19(14(21)18-15)9-11-2-3-12(16)17-8-11/h2-3,8,10H,4-7,9H2,1H3,(H,18,21). The number of imide groups is 1. The molecule has 0 bridgehead atoms. The summed E-state index contributed by atoms with van der Waals surface area (Å²) in [6.07, 6.45) is 5.00. The summed E-state index contributed by atoms with van der Waals surface area (Å²) in [6.45, 7) is 2.43. The van der Waals surface area contributed by atoms with E-state index < -0.39 is 5.54 Å². The Balaban J connectivity index is 1.76. The highest BCUT2D eigenvalue weighted by atomic mass is 35.5. The molecule has 0 radical (unpaired) electrons. The van der Waals surface area contributed by atoms with E-state index in [1.54, 1.807) is 18.3 Å². The molecule has 21 heavy (non-hydrogen) atoms. The Morgan fingerprint density at radius 2 is 2.10 bits per heavy atom. The van der Waals surface area contributed by atoms with Crippen LogP contribution in [0.25, 0.3) is 0 Å². The molecule has 1 aromatic rings. The van der Waals surface area contributed by atoms with Gasteiger partial charge in [-0.15, -0.1) is 0 Å². The maximum atomic E-state index is 12.7. The first-order chi connectivity index (χ1) is 10.00. The van der Waals surface area contributed by atoms with Gasteiger partial charge in [0, 0.05) is 6.20 Å². The van der Waals surface area contributed by atoms with Gasteiger partial charge in [0.25, 0.3) is 5.91 Å². The first kappa shape index (κ1) is 14.3. The predicted molar refractivity (Wildman–Crippen MR) is 78.7 cm³/mol. The molecule has 0 atom stereocenters. The number of carbonyl (C=O) groups is 2. The van der Waals surface area contributed by atoms with Crippen LogP contribution in [0.2, 0.25) is 5.15 Å². The number of carbonyl (C=O) groups excluding carboxylic acids is 2. The number of aromatic nitrogens is 1. The van der Waals surface area contributed by atoms with Gasteiger partial charge in [-0.1, -0.05) is 24.6 Å². The van der Waals surface area contributed by atoms with Crippen LogP contribution in [0.4, 0.5) is 4.79 Å². The Labute approximate surface area is 128 Å². The molecular formula is C15H18ClN3O2. The zero-order chi connectivity index (χ0) is 15.0. The van der Waals surface area contributed by atoms with Gasteiger partial charge in [-0.05, 0) is 43.2 Å². The van der Waals surface area contributed by atoms with Gasteiger partial charge in [0.1, 0.15) is 10.7 Å². The number of rotatable bonds is 2. The van der Waals surface area contributed by atoms with Crippen LogP contribution in [0, 0.1) is 5.92 Å². The maximum absolute atomic E-state index is 12.7. The van der Waals surface area contributed by atoms with Gasteiger partial charge in [-0.3, -0.25) is 9.69 Å². The molecule has 1 saturated heterocycles. The molecular weight excluding hydrogens is 290 g/mol. The zero-order valence-electron chi connectivity index (χ0n) is 11.9. The van der Waals surface area contributed by atoms with Gasteiger partial charge in [0.2, 0.25) is 0 Å². The number of hydrogen-bond acceptors (Lipinski definition) is 3. The van der Waals surface area contributed by atoms with Crippen LogP contribution in [0.3, 0.4) is 0 Å². The Kier molecular flexibility index (Phi) is 3.61. The molecule has 2 aliphatic rings. The molecule has 0 aromatic carbocycles. The van der Waals surface area contributed by atoms with Crippen LogP contribution in [-0.4, -0.2) is 27.4 Å². The van der Waals surface area contributed by atoms with Crippen molar-refractivity contribution in [2.24, 2.45) is 5.92 Å². The monoisotopic (exact) mass is 307 g/mol. The third-order valence-corrected chi connectivity index (χ3v) is 4.73. The molecule has 5 nitrogen and oxygen atoms in total. The summed E-state index contributed by atoms with van der Waals surface area (Å²) in [6, 6.07) is 3.14. The first-order valence-corrected chi connectivity index (χ1v) is 7.62. The molecule has 6 heteroatoms. The lowest BCUT2D eigenvalue weighted by Gasteiger charge is -2.33. The summed E-state index contributed by atoms with van der Waals surface area (Å²) >= 11 is 5.74. The van der Waals surface area contributed by atoms with Gasteiger partial charge in [0.15, 0.2) is 0 Å². The molecule has 1 aromatic heterocycles.